The van der Waals surface area contributed by atoms with E-state index in [0.29, 0.717) is 30.3 Å². The third-order valence-corrected chi connectivity index (χ3v) is 5.88. The molecule has 0 atom stereocenters. The molecule has 1 aliphatic rings. The highest BCUT2D eigenvalue weighted by molar-refractivity contribution is 6.37. The number of hydrogen-bond acceptors (Lipinski definition) is 4. The zero-order valence-corrected chi connectivity index (χ0v) is 17.2. The molecule has 0 spiro atoms. The van der Waals surface area contributed by atoms with Crippen molar-refractivity contribution in [2.24, 2.45) is 5.92 Å². The molecule has 0 saturated carbocycles. The zero-order valence-electron chi connectivity index (χ0n) is 15.6. The second-order valence-electron chi connectivity index (χ2n) is 7.29. The fourth-order valence-electron chi connectivity index (χ4n) is 3.67. The monoisotopic (exact) mass is 430 g/mol. The number of amides is 1. The number of aromatic hydroxyl groups is 1. The van der Waals surface area contributed by atoms with Crippen LogP contribution in [0.15, 0.2) is 53.1 Å². The molecule has 29 heavy (non-hydrogen) atoms. The van der Waals surface area contributed by atoms with Crippen LogP contribution in [0.25, 0.3) is 11.3 Å². The van der Waals surface area contributed by atoms with E-state index >= 15 is 0 Å². The van der Waals surface area contributed by atoms with Crippen molar-refractivity contribution in [3.63, 3.8) is 0 Å². The summed E-state index contributed by atoms with van der Waals surface area (Å²) < 4.78 is 5.32. The first-order chi connectivity index (χ1) is 14.0. The van der Waals surface area contributed by atoms with E-state index in [-0.39, 0.29) is 27.4 Å². The predicted octanol–water partition coefficient (Wildman–Crippen LogP) is 5.45. The van der Waals surface area contributed by atoms with Gasteiger partial charge in [-0.1, -0.05) is 58.7 Å². The summed E-state index contributed by atoms with van der Waals surface area (Å²) in [6.07, 6.45) is 2.97. The Bertz CT molecular complexity index is 989. The molecule has 1 amide bonds. The van der Waals surface area contributed by atoms with Crippen LogP contribution in [-0.2, 0) is 6.42 Å². The summed E-state index contributed by atoms with van der Waals surface area (Å²) >= 11 is 11.9. The van der Waals surface area contributed by atoms with Gasteiger partial charge in [-0.05, 0) is 42.9 Å². The summed E-state index contributed by atoms with van der Waals surface area (Å²) in [6, 6.07) is 15.1. The number of phenolic OH excluding ortho intramolecular Hbond substituents is 1. The highest BCUT2D eigenvalue weighted by Gasteiger charge is 2.26. The summed E-state index contributed by atoms with van der Waals surface area (Å²) in [5, 5.41) is 13.8. The molecule has 1 aliphatic heterocycles. The number of hydrogen-bond donors (Lipinski definition) is 1. The molecule has 2 aromatic carbocycles. The van der Waals surface area contributed by atoms with E-state index in [9.17, 15) is 9.90 Å². The number of carbonyl (C=O) groups is 1. The fraction of sp³-hybridized carbons (Fsp3) is 0.273. The van der Waals surface area contributed by atoms with Gasteiger partial charge in [0.25, 0.3) is 5.91 Å². The molecule has 5 nitrogen and oxygen atoms in total. The lowest BCUT2D eigenvalue weighted by molar-refractivity contribution is 0.0680. The number of carbonyl (C=O) groups excluding carboxylic acids is 1. The fourth-order valence-corrected chi connectivity index (χ4v) is 4.16. The summed E-state index contributed by atoms with van der Waals surface area (Å²) in [5.41, 5.74) is 2.14. The molecule has 150 valence electrons. The topological polar surface area (TPSA) is 66.6 Å². The maximum Gasteiger partial charge on any atom is 0.276 e. The predicted molar refractivity (Wildman–Crippen MR) is 112 cm³/mol. The highest BCUT2D eigenvalue weighted by atomic mass is 35.5. The van der Waals surface area contributed by atoms with Gasteiger partial charge in [0, 0.05) is 24.7 Å². The Morgan fingerprint density at radius 2 is 1.76 bits per heavy atom. The number of rotatable bonds is 4. The lowest BCUT2D eigenvalue weighted by Gasteiger charge is -2.31. The smallest absolute Gasteiger partial charge is 0.276 e. The zero-order chi connectivity index (χ0) is 20.4. The van der Waals surface area contributed by atoms with Gasteiger partial charge in [0.15, 0.2) is 17.2 Å². The normalized spacial score (nSPS) is 14.9. The second-order valence-corrected chi connectivity index (χ2v) is 8.10. The molecule has 4 rings (SSSR count). The number of piperidine rings is 1. The lowest BCUT2D eigenvalue weighted by Crippen LogP contribution is -2.39. The van der Waals surface area contributed by atoms with Gasteiger partial charge in [-0.25, -0.2) is 0 Å². The van der Waals surface area contributed by atoms with Crippen LogP contribution in [0.3, 0.4) is 0 Å². The van der Waals surface area contributed by atoms with Crippen molar-refractivity contribution in [2.75, 3.05) is 13.1 Å². The Morgan fingerprint density at radius 3 is 2.41 bits per heavy atom. The van der Waals surface area contributed by atoms with Crippen LogP contribution >= 0.6 is 23.2 Å². The van der Waals surface area contributed by atoms with Crippen molar-refractivity contribution < 1.29 is 14.4 Å². The minimum Gasteiger partial charge on any atom is -0.505 e. The maximum absolute atomic E-state index is 12.8. The van der Waals surface area contributed by atoms with Crippen molar-refractivity contribution >= 4 is 29.1 Å². The van der Waals surface area contributed by atoms with Crippen LogP contribution in [0, 0.1) is 5.92 Å². The number of halogens is 2. The van der Waals surface area contributed by atoms with Gasteiger partial charge in [0.2, 0.25) is 0 Å². The minimum atomic E-state index is -0.189. The molecule has 0 aliphatic carbocycles. The summed E-state index contributed by atoms with van der Waals surface area (Å²) in [6.45, 7) is 1.41. The molecule has 2 heterocycles. The van der Waals surface area contributed by atoms with E-state index in [1.165, 1.54) is 17.7 Å². The van der Waals surface area contributed by atoms with E-state index in [0.717, 1.165) is 19.3 Å². The third-order valence-electron chi connectivity index (χ3n) is 5.30. The molecular formula is C22H20Cl2N2O3. The summed E-state index contributed by atoms with van der Waals surface area (Å²) in [7, 11) is 0. The Hall–Kier alpha value is -2.50. The first-order valence-electron chi connectivity index (χ1n) is 9.49. The Kier molecular flexibility index (Phi) is 5.79. The Morgan fingerprint density at radius 1 is 1.10 bits per heavy atom. The van der Waals surface area contributed by atoms with Crippen LogP contribution in [0.5, 0.6) is 5.75 Å². The number of likely N-dealkylation sites (tertiary alicyclic amines) is 1. The molecule has 1 fully saturated rings. The molecule has 1 N–H and O–H groups in total. The largest absolute Gasteiger partial charge is 0.505 e. The van der Waals surface area contributed by atoms with Crippen LogP contribution in [-0.4, -0.2) is 34.2 Å². The van der Waals surface area contributed by atoms with E-state index < -0.39 is 0 Å². The number of aromatic nitrogens is 1. The Labute approximate surface area is 178 Å². The van der Waals surface area contributed by atoms with Crippen molar-refractivity contribution in [1.29, 1.82) is 0 Å². The number of nitrogens with zero attached hydrogens (tertiary/aromatic N) is 2. The van der Waals surface area contributed by atoms with Gasteiger partial charge in [-0.2, -0.15) is 0 Å². The van der Waals surface area contributed by atoms with Gasteiger partial charge < -0.3 is 14.5 Å². The van der Waals surface area contributed by atoms with E-state index in [2.05, 4.69) is 29.4 Å². The van der Waals surface area contributed by atoms with Gasteiger partial charge >= 0.3 is 0 Å². The average molecular weight is 431 g/mol. The van der Waals surface area contributed by atoms with Crippen LogP contribution in [0.4, 0.5) is 0 Å². The van der Waals surface area contributed by atoms with E-state index in [1.54, 1.807) is 6.07 Å². The van der Waals surface area contributed by atoms with Crippen molar-refractivity contribution in [2.45, 2.75) is 19.3 Å². The van der Waals surface area contributed by atoms with Gasteiger partial charge in [0.05, 0.1) is 10.0 Å². The lowest BCUT2D eigenvalue weighted by atomic mass is 9.90. The number of phenols is 1. The molecule has 3 aromatic rings. The van der Waals surface area contributed by atoms with Crippen molar-refractivity contribution in [1.82, 2.24) is 10.1 Å². The van der Waals surface area contributed by atoms with Gasteiger partial charge in [-0.3, -0.25) is 4.79 Å². The molecule has 1 saturated heterocycles. The quantitative estimate of drug-likeness (QED) is 0.597. The molecule has 0 radical (unpaired) electrons. The average Bonchev–Trinajstić information content (AvgIpc) is 3.23. The van der Waals surface area contributed by atoms with Crippen molar-refractivity contribution in [3.8, 4) is 17.1 Å². The summed E-state index contributed by atoms with van der Waals surface area (Å²) in [4.78, 5) is 14.6. The standard InChI is InChI=1S/C22H20Cl2N2O3/c23-17-11-16(12-18(24)21(17)27)20-13-19(25-29-20)22(28)26-8-6-15(7-9-26)10-14-4-2-1-3-5-14/h1-5,11-13,15,27H,6-10H2. The maximum atomic E-state index is 12.8. The van der Waals surface area contributed by atoms with E-state index in [1.807, 2.05) is 11.0 Å². The molecule has 0 bridgehead atoms. The third kappa shape index (κ3) is 4.41. The first-order valence-corrected chi connectivity index (χ1v) is 10.2. The minimum absolute atomic E-state index is 0.109. The first kappa shape index (κ1) is 19.8. The molecule has 0 unspecified atom stereocenters. The molecule has 1 aromatic heterocycles. The summed E-state index contributed by atoms with van der Waals surface area (Å²) in [5.74, 6) is 0.618. The Balaban J connectivity index is 1.40. The van der Waals surface area contributed by atoms with Crippen LogP contribution in [0.2, 0.25) is 10.0 Å². The van der Waals surface area contributed by atoms with Crippen LogP contribution in [0.1, 0.15) is 28.9 Å². The van der Waals surface area contributed by atoms with Crippen LogP contribution < -0.4 is 0 Å². The van der Waals surface area contributed by atoms with E-state index in [4.69, 9.17) is 27.7 Å². The molecule has 7 heteroatoms. The SMILES string of the molecule is O=C(c1cc(-c2cc(Cl)c(O)c(Cl)c2)on1)N1CCC(Cc2ccccc2)CC1. The molecular weight excluding hydrogens is 411 g/mol. The van der Waals surface area contributed by atoms with Gasteiger partial charge in [0.1, 0.15) is 0 Å². The highest BCUT2D eigenvalue weighted by Crippen LogP contribution is 2.36. The van der Waals surface area contributed by atoms with Crippen molar-refractivity contribution in [3.05, 3.63) is 69.8 Å². The second kappa shape index (κ2) is 8.47. The van der Waals surface area contributed by atoms with Gasteiger partial charge in [-0.15, -0.1) is 0 Å². The number of benzene rings is 2.